The van der Waals surface area contributed by atoms with E-state index in [-0.39, 0.29) is 19.7 Å². The van der Waals surface area contributed by atoms with E-state index in [2.05, 4.69) is 18.5 Å². The molecule has 2 heterocycles. The van der Waals surface area contributed by atoms with Crippen LogP contribution in [0.15, 0.2) is 45.8 Å². The molecular formula is C19H22N4O6S. The number of allylic oxidation sites excluding steroid dienone is 2. The van der Waals surface area contributed by atoms with E-state index in [9.17, 15) is 24.0 Å². The number of ether oxygens (including phenoxy) is 1. The highest BCUT2D eigenvalue weighted by Crippen LogP contribution is 2.27. The minimum absolute atomic E-state index is 0.121. The maximum absolute atomic E-state index is 12.6. The number of nitrogens with one attached hydrogen (secondary N) is 1. The second kappa shape index (κ2) is 9.83. The van der Waals surface area contributed by atoms with Crippen molar-refractivity contribution in [2.24, 2.45) is 0 Å². The molecule has 0 fully saturated rings. The molecule has 30 heavy (non-hydrogen) atoms. The van der Waals surface area contributed by atoms with Crippen molar-refractivity contribution in [2.75, 3.05) is 11.9 Å². The number of hydrogen-bond acceptors (Lipinski definition) is 7. The number of amides is 1. The Hall–Kier alpha value is -3.47. The molecule has 0 aromatic carbocycles. The van der Waals surface area contributed by atoms with Gasteiger partial charge in [-0.15, -0.1) is 24.5 Å². The van der Waals surface area contributed by atoms with Gasteiger partial charge in [-0.25, -0.2) is 32.9 Å². The predicted octanol–water partition coefficient (Wildman–Crippen LogP) is 0.729. The number of aromatic nitrogens is 3. The first-order valence-corrected chi connectivity index (χ1v) is 9.80. The van der Waals surface area contributed by atoms with Gasteiger partial charge in [0.2, 0.25) is 5.91 Å². The zero-order valence-electron chi connectivity index (χ0n) is 16.7. The van der Waals surface area contributed by atoms with Crippen LogP contribution in [-0.4, -0.2) is 32.2 Å². The summed E-state index contributed by atoms with van der Waals surface area (Å²) in [4.78, 5) is 62.2. The van der Waals surface area contributed by atoms with Gasteiger partial charge in [0.25, 0.3) is 0 Å². The van der Waals surface area contributed by atoms with Gasteiger partial charge in [-0.2, -0.15) is 0 Å². The second-order valence-corrected chi connectivity index (χ2v) is 7.18. The van der Waals surface area contributed by atoms with Crippen LogP contribution in [0.4, 0.5) is 5.00 Å². The van der Waals surface area contributed by atoms with Crippen LogP contribution in [0.2, 0.25) is 0 Å². The van der Waals surface area contributed by atoms with E-state index >= 15 is 0 Å². The Balaban J connectivity index is 2.36. The van der Waals surface area contributed by atoms with Crippen molar-refractivity contribution >= 4 is 28.2 Å². The summed E-state index contributed by atoms with van der Waals surface area (Å²) in [7, 11) is 0. The number of aryl methyl sites for hydroxylation is 1. The average molecular weight is 434 g/mol. The summed E-state index contributed by atoms with van der Waals surface area (Å²) in [5, 5.41) is 2.92. The monoisotopic (exact) mass is 434 g/mol. The van der Waals surface area contributed by atoms with E-state index in [1.807, 2.05) is 0 Å². The lowest BCUT2D eigenvalue weighted by Crippen LogP contribution is -2.55. The third kappa shape index (κ3) is 4.74. The van der Waals surface area contributed by atoms with Crippen molar-refractivity contribution in [3.8, 4) is 0 Å². The molecule has 0 saturated heterocycles. The molecule has 0 spiro atoms. The fourth-order valence-corrected chi connectivity index (χ4v) is 3.63. The van der Waals surface area contributed by atoms with Gasteiger partial charge in [-0.1, -0.05) is 12.2 Å². The van der Waals surface area contributed by atoms with Crippen LogP contribution < -0.4 is 22.4 Å². The van der Waals surface area contributed by atoms with E-state index in [1.165, 1.54) is 12.2 Å². The van der Waals surface area contributed by atoms with Crippen molar-refractivity contribution in [3.63, 3.8) is 0 Å². The summed E-state index contributed by atoms with van der Waals surface area (Å²) >= 11 is 1.02. The fourth-order valence-electron chi connectivity index (χ4n) is 2.65. The van der Waals surface area contributed by atoms with Crippen LogP contribution in [0.5, 0.6) is 0 Å². The number of nitrogens with zero attached hydrogens (tertiary/aromatic N) is 3. The Labute approximate surface area is 175 Å². The van der Waals surface area contributed by atoms with Crippen LogP contribution in [0.1, 0.15) is 22.2 Å². The van der Waals surface area contributed by atoms with E-state index < -0.39 is 35.5 Å². The normalized spacial score (nSPS) is 10.5. The van der Waals surface area contributed by atoms with Crippen molar-refractivity contribution in [2.45, 2.75) is 33.5 Å². The molecule has 10 nitrogen and oxygen atoms in total. The second-order valence-electron chi connectivity index (χ2n) is 6.12. The van der Waals surface area contributed by atoms with Gasteiger partial charge in [0.1, 0.15) is 11.4 Å². The molecule has 0 unspecified atom stereocenters. The topological polar surface area (TPSA) is 121 Å². The number of carbonyl (C=O) groups excluding carboxylic acids is 2. The fraction of sp³-hybridized carbons (Fsp3) is 0.316. The lowest BCUT2D eigenvalue weighted by atomic mass is 10.3. The van der Waals surface area contributed by atoms with Crippen LogP contribution >= 0.6 is 11.3 Å². The number of anilines is 1. The highest BCUT2D eigenvalue weighted by atomic mass is 32.1. The van der Waals surface area contributed by atoms with Gasteiger partial charge < -0.3 is 10.1 Å². The van der Waals surface area contributed by atoms with Crippen molar-refractivity contribution in [3.05, 3.63) is 73.3 Å². The highest BCUT2D eigenvalue weighted by Gasteiger charge is 2.19. The number of thiophene rings is 1. The minimum Gasteiger partial charge on any atom is -0.462 e. The summed E-state index contributed by atoms with van der Waals surface area (Å²) in [5.74, 6) is -1.17. The smallest absolute Gasteiger partial charge is 0.348 e. The van der Waals surface area contributed by atoms with Crippen LogP contribution in [0, 0.1) is 6.92 Å². The van der Waals surface area contributed by atoms with Gasteiger partial charge in [-0.3, -0.25) is 4.79 Å². The van der Waals surface area contributed by atoms with E-state index in [0.29, 0.717) is 20.0 Å². The van der Waals surface area contributed by atoms with Gasteiger partial charge in [0.15, 0.2) is 0 Å². The van der Waals surface area contributed by atoms with Crippen molar-refractivity contribution < 1.29 is 14.3 Å². The largest absolute Gasteiger partial charge is 0.462 e. The van der Waals surface area contributed by atoms with E-state index in [0.717, 1.165) is 20.5 Å². The third-order valence-electron chi connectivity index (χ3n) is 3.95. The Bertz CT molecular complexity index is 1120. The molecule has 0 saturated carbocycles. The van der Waals surface area contributed by atoms with Crippen LogP contribution in [0.25, 0.3) is 0 Å². The Morgan fingerprint density at radius 3 is 2.10 bits per heavy atom. The van der Waals surface area contributed by atoms with Crippen LogP contribution in [0.3, 0.4) is 0 Å². The van der Waals surface area contributed by atoms with E-state index in [4.69, 9.17) is 4.74 Å². The first-order chi connectivity index (χ1) is 14.2. The molecule has 2 aromatic rings. The molecule has 0 radical (unpaired) electrons. The zero-order chi connectivity index (χ0) is 22.4. The van der Waals surface area contributed by atoms with Gasteiger partial charge >= 0.3 is 23.0 Å². The summed E-state index contributed by atoms with van der Waals surface area (Å²) in [6, 6.07) is 1.59. The molecule has 2 aromatic heterocycles. The molecule has 0 aliphatic carbocycles. The summed E-state index contributed by atoms with van der Waals surface area (Å²) < 4.78 is 7.23. The minimum atomic E-state index is -0.921. The molecule has 160 valence electrons. The highest BCUT2D eigenvalue weighted by molar-refractivity contribution is 7.18. The average Bonchev–Trinajstić information content (AvgIpc) is 3.06. The molecule has 2 rings (SSSR count). The summed E-state index contributed by atoms with van der Waals surface area (Å²) in [6.07, 6.45) is 2.67. The van der Waals surface area contributed by atoms with Crippen LogP contribution in [-0.2, 0) is 29.2 Å². The lowest BCUT2D eigenvalue weighted by molar-refractivity contribution is -0.116. The number of rotatable bonds is 9. The first-order valence-electron chi connectivity index (χ1n) is 8.98. The SMILES string of the molecule is C=CCn1c(=O)n(CC=C)c(=O)n(CC(=O)Nc2cc(C)c(C(=O)OCC)s2)c1=O. The molecule has 1 N–H and O–H groups in total. The Morgan fingerprint density at radius 1 is 1.07 bits per heavy atom. The van der Waals surface area contributed by atoms with Gasteiger partial charge in [0.05, 0.1) is 24.7 Å². The molecule has 1 amide bonds. The quantitative estimate of drug-likeness (QED) is 0.459. The number of esters is 1. The number of hydrogen-bond donors (Lipinski definition) is 1. The Morgan fingerprint density at radius 2 is 1.60 bits per heavy atom. The molecule has 0 aliphatic heterocycles. The maximum atomic E-state index is 12.6. The van der Waals surface area contributed by atoms with E-state index in [1.54, 1.807) is 19.9 Å². The predicted molar refractivity (Wildman–Crippen MR) is 113 cm³/mol. The zero-order valence-corrected chi connectivity index (χ0v) is 17.5. The molecule has 0 atom stereocenters. The Kier molecular flexibility index (Phi) is 7.48. The molecule has 11 heteroatoms. The number of carbonyl (C=O) groups is 2. The lowest BCUT2D eigenvalue weighted by Gasteiger charge is -2.11. The maximum Gasteiger partial charge on any atom is 0.348 e. The standard InChI is InChI=1S/C19H22N4O6S/c1-5-8-21-17(26)22(9-6-2)19(28)23(18(21)27)11-13(24)20-14-10-12(4)15(30-14)16(25)29-7-3/h5-6,10H,1-2,7-9,11H2,3-4H3,(H,20,24). The van der Waals surface area contributed by atoms with Crippen molar-refractivity contribution in [1.82, 2.24) is 13.7 Å². The molecular weight excluding hydrogens is 412 g/mol. The summed E-state index contributed by atoms with van der Waals surface area (Å²) in [6.45, 7) is 9.73. The summed E-state index contributed by atoms with van der Waals surface area (Å²) in [5.41, 5.74) is -2.03. The third-order valence-corrected chi connectivity index (χ3v) is 5.08. The first kappa shape index (κ1) is 22.8. The van der Waals surface area contributed by atoms with Gasteiger partial charge in [0, 0.05) is 0 Å². The molecule has 0 bridgehead atoms. The van der Waals surface area contributed by atoms with Crippen molar-refractivity contribution in [1.29, 1.82) is 0 Å². The molecule has 0 aliphatic rings. The van der Waals surface area contributed by atoms with Gasteiger partial charge in [-0.05, 0) is 25.5 Å².